The van der Waals surface area contributed by atoms with Gasteiger partial charge in [0, 0.05) is 36.2 Å². The molecular formula is C35H37N5O3. The van der Waals surface area contributed by atoms with Crippen LogP contribution in [0.5, 0.6) is 5.75 Å². The number of carbonyl (C=O) groups excluding carboxylic acids is 1. The molecule has 0 unspecified atom stereocenters. The first kappa shape index (κ1) is 29.5. The smallest absolute Gasteiger partial charge is 0.326 e. The average Bonchev–Trinajstić information content (AvgIpc) is 3.01. The maximum Gasteiger partial charge on any atom is 0.326 e. The van der Waals surface area contributed by atoms with Crippen molar-refractivity contribution in [2.75, 3.05) is 16.8 Å². The maximum atomic E-state index is 13.8. The molecule has 0 radical (unpaired) electrons. The van der Waals surface area contributed by atoms with Crippen LogP contribution in [0.3, 0.4) is 0 Å². The minimum Gasteiger partial charge on any atom is -0.489 e. The SMILES string of the molecule is CCN(C(=O)Nc1c(C(C)C)cc(-c2cccc(OCc3ccncc3)c2)cc1C(C)C)c1cc2cccnc2[nH]c1=O. The van der Waals surface area contributed by atoms with Crippen LogP contribution >= 0.6 is 0 Å². The Balaban J connectivity index is 1.48. The van der Waals surface area contributed by atoms with Crippen molar-refractivity contribution >= 4 is 28.4 Å². The molecule has 0 bridgehead atoms. The highest BCUT2D eigenvalue weighted by molar-refractivity contribution is 6.03. The van der Waals surface area contributed by atoms with Crippen molar-refractivity contribution in [2.45, 2.75) is 53.1 Å². The largest absolute Gasteiger partial charge is 0.489 e. The Hall–Kier alpha value is -4.98. The van der Waals surface area contributed by atoms with E-state index in [0.29, 0.717) is 18.8 Å². The topological polar surface area (TPSA) is 100 Å². The van der Waals surface area contributed by atoms with Gasteiger partial charge < -0.3 is 15.0 Å². The van der Waals surface area contributed by atoms with Crippen LogP contribution in [0.4, 0.5) is 16.2 Å². The Morgan fingerprint density at radius 2 is 1.63 bits per heavy atom. The number of amides is 2. The van der Waals surface area contributed by atoms with Crippen LogP contribution in [0.15, 0.2) is 90.1 Å². The van der Waals surface area contributed by atoms with Gasteiger partial charge in [-0.3, -0.25) is 14.7 Å². The summed E-state index contributed by atoms with van der Waals surface area (Å²) in [5.41, 5.74) is 6.34. The molecule has 0 saturated carbocycles. The molecule has 0 atom stereocenters. The Kier molecular flexibility index (Phi) is 8.85. The number of urea groups is 1. The van der Waals surface area contributed by atoms with E-state index in [2.05, 4.69) is 66.2 Å². The van der Waals surface area contributed by atoms with Crippen LogP contribution in [0, 0.1) is 0 Å². The molecule has 220 valence electrons. The highest BCUT2D eigenvalue weighted by atomic mass is 16.5. The zero-order chi connectivity index (χ0) is 30.5. The lowest BCUT2D eigenvalue weighted by atomic mass is 9.88. The highest BCUT2D eigenvalue weighted by Crippen LogP contribution is 2.38. The molecular weight excluding hydrogens is 538 g/mol. The van der Waals surface area contributed by atoms with Gasteiger partial charge in [-0.25, -0.2) is 9.78 Å². The predicted molar refractivity (Wildman–Crippen MR) is 173 cm³/mol. The number of carbonyl (C=O) groups is 1. The molecule has 3 aromatic heterocycles. The first-order valence-corrected chi connectivity index (χ1v) is 14.6. The van der Waals surface area contributed by atoms with Crippen LogP contribution in [-0.4, -0.2) is 27.5 Å². The summed E-state index contributed by atoms with van der Waals surface area (Å²) in [6.45, 7) is 11.1. The van der Waals surface area contributed by atoms with Crippen LogP contribution < -0.4 is 20.5 Å². The van der Waals surface area contributed by atoms with Crippen LogP contribution in [0.25, 0.3) is 22.2 Å². The van der Waals surface area contributed by atoms with Gasteiger partial charge in [-0.15, -0.1) is 0 Å². The molecule has 5 rings (SSSR count). The zero-order valence-electron chi connectivity index (χ0n) is 25.2. The van der Waals surface area contributed by atoms with Crippen molar-refractivity contribution in [3.63, 3.8) is 0 Å². The van der Waals surface area contributed by atoms with E-state index in [1.807, 2.05) is 43.3 Å². The van der Waals surface area contributed by atoms with E-state index in [1.54, 1.807) is 30.7 Å². The van der Waals surface area contributed by atoms with Gasteiger partial charge in [-0.2, -0.15) is 0 Å². The molecule has 43 heavy (non-hydrogen) atoms. The summed E-state index contributed by atoms with van der Waals surface area (Å²) in [6, 6.07) is 21.2. The van der Waals surface area contributed by atoms with Gasteiger partial charge in [-0.1, -0.05) is 39.8 Å². The quantitative estimate of drug-likeness (QED) is 0.186. The van der Waals surface area contributed by atoms with Crippen molar-refractivity contribution < 1.29 is 9.53 Å². The molecule has 0 aliphatic carbocycles. The van der Waals surface area contributed by atoms with Crippen molar-refractivity contribution in [2.24, 2.45) is 0 Å². The minimum absolute atomic E-state index is 0.129. The number of hydrogen-bond donors (Lipinski definition) is 2. The van der Waals surface area contributed by atoms with Gasteiger partial charge in [0.15, 0.2) is 0 Å². The fourth-order valence-corrected chi connectivity index (χ4v) is 5.14. The Bertz CT molecular complexity index is 1770. The lowest BCUT2D eigenvalue weighted by Crippen LogP contribution is -2.38. The molecule has 3 heterocycles. The number of rotatable bonds is 9. The number of anilines is 2. The highest BCUT2D eigenvalue weighted by Gasteiger charge is 2.23. The van der Waals surface area contributed by atoms with E-state index in [0.717, 1.165) is 44.6 Å². The molecule has 2 aromatic carbocycles. The fourth-order valence-electron chi connectivity index (χ4n) is 5.14. The number of benzene rings is 2. The van der Waals surface area contributed by atoms with Gasteiger partial charge in [0.1, 0.15) is 23.7 Å². The lowest BCUT2D eigenvalue weighted by molar-refractivity contribution is 0.257. The minimum atomic E-state index is -0.363. The second kappa shape index (κ2) is 12.9. The summed E-state index contributed by atoms with van der Waals surface area (Å²) < 4.78 is 6.08. The fraction of sp³-hybridized carbons (Fsp3) is 0.257. The Morgan fingerprint density at radius 1 is 0.907 bits per heavy atom. The molecule has 0 fully saturated rings. The number of fused-ring (bicyclic) bond motifs is 1. The number of nitrogens with zero attached hydrogens (tertiary/aromatic N) is 3. The summed E-state index contributed by atoms with van der Waals surface area (Å²) in [5, 5.41) is 3.94. The second-order valence-corrected chi connectivity index (χ2v) is 11.1. The van der Waals surface area contributed by atoms with Gasteiger partial charge in [-0.05, 0) is 101 Å². The number of aromatic amines is 1. The first-order chi connectivity index (χ1) is 20.7. The predicted octanol–water partition coefficient (Wildman–Crippen LogP) is 7.87. The van der Waals surface area contributed by atoms with Crippen molar-refractivity contribution in [1.82, 2.24) is 15.0 Å². The molecule has 8 heteroatoms. The number of hydrogen-bond acceptors (Lipinski definition) is 5. The normalized spacial score (nSPS) is 11.2. The van der Waals surface area contributed by atoms with E-state index < -0.39 is 0 Å². The third kappa shape index (κ3) is 6.59. The summed E-state index contributed by atoms with van der Waals surface area (Å²) in [6.07, 6.45) is 5.14. The molecule has 5 aromatic rings. The van der Waals surface area contributed by atoms with E-state index in [-0.39, 0.29) is 29.1 Å². The molecule has 0 spiro atoms. The summed E-state index contributed by atoms with van der Waals surface area (Å²) in [4.78, 5) is 39.3. The number of ether oxygens (including phenoxy) is 1. The molecule has 2 N–H and O–H groups in total. The first-order valence-electron chi connectivity index (χ1n) is 14.6. The number of H-pyrrole nitrogens is 1. The maximum absolute atomic E-state index is 13.8. The number of aromatic nitrogens is 3. The molecule has 2 amide bonds. The Morgan fingerprint density at radius 3 is 2.30 bits per heavy atom. The van der Waals surface area contributed by atoms with Gasteiger partial charge in [0.25, 0.3) is 5.56 Å². The molecule has 0 aliphatic rings. The van der Waals surface area contributed by atoms with E-state index in [1.165, 1.54) is 4.90 Å². The monoisotopic (exact) mass is 575 g/mol. The summed E-state index contributed by atoms with van der Waals surface area (Å²) >= 11 is 0. The van der Waals surface area contributed by atoms with Crippen molar-refractivity contribution in [1.29, 1.82) is 0 Å². The molecule has 0 aliphatic heterocycles. The molecule has 0 saturated heterocycles. The average molecular weight is 576 g/mol. The standard InChI is InChI=1S/C35H37N5O3/c1-6-40(31-20-26-10-8-14-37-33(26)39-34(31)41)35(42)38-32-29(22(2)3)18-27(19-30(32)23(4)5)25-9-7-11-28(17-25)43-21-24-12-15-36-16-13-24/h7-20,22-23H,6,21H2,1-5H3,(H,38,42)(H,37,39,41). The second-order valence-electron chi connectivity index (χ2n) is 11.1. The lowest BCUT2D eigenvalue weighted by Gasteiger charge is -2.26. The zero-order valence-corrected chi connectivity index (χ0v) is 25.2. The van der Waals surface area contributed by atoms with Crippen LogP contribution in [-0.2, 0) is 6.61 Å². The third-order valence-corrected chi connectivity index (χ3v) is 7.45. The van der Waals surface area contributed by atoms with Gasteiger partial charge in [0.2, 0.25) is 0 Å². The van der Waals surface area contributed by atoms with Crippen LogP contribution in [0.1, 0.15) is 63.1 Å². The van der Waals surface area contributed by atoms with E-state index in [4.69, 9.17) is 4.74 Å². The van der Waals surface area contributed by atoms with E-state index in [9.17, 15) is 9.59 Å². The summed E-state index contributed by atoms with van der Waals surface area (Å²) in [5.74, 6) is 1.03. The summed E-state index contributed by atoms with van der Waals surface area (Å²) in [7, 11) is 0. The molecule has 8 nitrogen and oxygen atoms in total. The van der Waals surface area contributed by atoms with Crippen molar-refractivity contribution in [3.8, 4) is 16.9 Å². The number of nitrogens with one attached hydrogen (secondary N) is 2. The van der Waals surface area contributed by atoms with Crippen molar-refractivity contribution in [3.05, 3.63) is 112 Å². The Labute approximate surface area is 251 Å². The number of pyridine rings is 3. The van der Waals surface area contributed by atoms with E-state index >= 15 is 0 Å². The van der Waals surface area contributed by atoms with Crippen LogP contribution in [0.2, 0.25) is 0 Å². The van der Waals surface area contributed by atoms with Gasteiger partial charge >= 0.3 is 6.03 Å². The third-order valence-electron chi connectivity index (χ3n) is 7.45. The van der Waals surface area contributed by atoms with Gasteiger partial charge in [0.05, 0.1) is 0 Å².